The summed E-state index contributed by atoms with van der Waals surface area (Å²) >= 11 is 0. The average molecular weight is 289 g/mol. The Bertz CT molecular complexity index is 513. The molecule has 2 saturated heterocycles. The Morgan fingerprint density at radius 1 is 1.33 bits per heavy atom. The predicted molar refractivity (Wildman–Crippen MR) is 82.5 cm³/mol. The van der Waals surface area contributed by atoms with Gasteiger partial charge in [0.1, 0.15) is 11.9 Å². The zero-order chi connectivity index (χ0) is 14.7. The highest BCUT2D eigenvalue weighted by atomic mass is 16.2. The smallest absolute Gasteiger partial charge is 0.242 e. The number of aromatic nitrogens is 2. The van der Waals surface area contributed by atoms with Crippen LogP contribution in [0.15, 0.2) is 6.07 Å². The molecule has 114 valence electrons. The van der Waals surface area contributed by atoms with Crippen molar-refractivity contribution < 1.29 is 4.79 Å². The first kappa shape index (κ1) is 14.1. The molecule has 0 saturated carbocycles. The maximum absolute atomic E-state index is 11.7. The summed E-state index contributed by atoms with van der Waals surface area (Å²) in [6, 6.07) is 1.79. The van der Waals surface area contributed by atoms with E-state index in [0.717, 1.165) is 49.9 Å². The van der Waals surface area contributed by atoms with Crippen LogP contribution in [-0.4, -0.2) is 41.6 Å². The molecule has 1 unspecified atom stereocenters. The third-order valence-corrected chi connectivity index (χ3v) is 4.14. The number of piperidine rings is 1. The van der Waals surface area contributed by atoms with Crippen molar-refractivity contribution in [3.63, 3.8) is 0 Å². The maximum atomic E-state index is 11.7. The van der Waals surface area contributed by atoms with Crippen molar-refractivity contribution in [1.29, 1.82) is 0 Å². The molecule has 1 atom stereocenters. The van der Waals surface area contributed by atoms with E-state index in [1.54, 1.807) is 0 Å². The monoisotopic (exact) mass is 289 g/mol. The van der Waals surface area contributed by atoms with E-state index >= 15 is 0 Å². The molecule has 0 spiro atoms. The van der Waals surface area contributed by atoms with E-state index < -0.39 is 0 Å². The maximum Gasteiger partial charge on any atom is 0.242 e. The third-order valence-electron chi connectivity index (χ3n) is 4.14. The zero-order valence-electron chi connectivity index (χ0n) is 12.6. The highest BCUT2D eigenvalue weighted by Crippen LogP contribution is 2.20. The second kappa shape index (κ2) is 6.28. The second-order valence-electron chi connectivity index (χ2n) is 5.72. The van der Waals surface area contributed by atoms with Crippen molar-refractivity contribution in [2.45, 2.75) is 45.1 Å². The lowest BCUT2D eigenvalue weighted by Gasteiger charge is -2.27. The fourth-order valence-corrected chi connectivity index (χ4v) is 2.88. The van der Waals surface area contributed by atoms with E-state index in [1.165, 1.54) is 19.3 Å². The molecule has 2 aliphatic rings. The van der Waals surface area contributed by atoms with E-state index in [-0.39, 0.29) is 11.9 Å². The minimum atomic E-state index is -0.168. The molecule has 3 rings (SSSR count). The first-order valence-corrected chi connectivity index (χ1v) is 7.93. The highest BCUT2D eigenvalue weighted by molar-refractivity contribution is 5.86. The summed E-state index contributed by atoms with van der Waals surface area (Å²) in [7, 11) is 0. The van der Waals surface area contributed by atoms with Crippen LogP contribution in [0.25, 0.3) is 0 Å². The first-order chi connectivity index (χ1) is 10.3. The van der Waals surface area contributed by atoms with Crippen LogP contribution in [-0.2, 0) is 11.2 Å². The van der Waals surface area contributed by atoms with Crippen molar-refractivity contribution in [1.82, 2.24) is 15.3 Å². The molecule has 2 fully saturated rings. The van der Waals surface area contributed by atoms with Crippen molar-refractivity contribution >= 4 is 17.7 Å². The van der Waals surface area contributed by atoms with Gasteiger partial charge in [0.15, 0.2) is 0 Å². The summed E-state index contributed by atoms with van der Waals surface area (Å²) in [6.07, 6.45) is 5.37. The van der Waals surface area contributed by atoms with Gasteiger partial charge in [-0.3, -0.25) is 4.79 Å². The number of nitrogens with one attached hydrogen (secondary N) is 2. The van der Waals surface area contributed by atoms with E-state index in [1.807, 2.05) is 6.07 Å². The quantitative estimate of drug-likeness (QED) is 0.875. The summed E-state index contributed by atoms with van der Waals surface area (Å²) in [5.74, 6) is 1.63. The summed E-state index contributed by atoms with van der Waals surface area (Å²) < 4.78 is 0. The molecule has 2 aliphatic heterocycles. The molecular formula is C15H23N5O. The van der Waals surface area contributed by atoms with Crippen LogP contribution < -0.4 is 15.5 Å². The Labute approximate surface area is 125 Å². The number of aryl methyl sites for hydroxylation is 1. The van der Waals surface area contributed by atoms with E-state index in [4.69, 9.17) is 0 Å². The molecule has 1 aromatic heterocycles. The lowest BCUT2D eigenvalue weighted by atomic mass is 10.1. The molecule has 6 heteroatoms. The zero-order valence-corrected chi connectivity index (χ0v) is 12.6. The minimum Gasteiger partial charge on any atom is -0.358 e. The Balaban J connectivity index is 1.80. The van der Waals surface area contributed by atoms with Gasteiger partial charge in [-0.25, -0.2) is 4.98 Å². The Morgan fingerprint density at radius 3 is 2.81 bits per heavy atom. The lowest BCUT2D eigenvalue weighted by Crippen LogP contribution is -2.32. The van der Waals surface area contributed by atoms with Gasteiger partial charge in [0.25, 0.3) is 0 Å². The predicted octanol–water partition coefficient (Wildman–Crippen LogP) is 1.33. The van der Waals surface area contributed by atoms with Crippen LogP contribution in [0, 0.1) is 0 Å². The molecule has 0 aliphatic carbocycles. The minimum absolute atomic E-state index is 0.0613. The molecule has 0 bridgehead atoms. The largest absolute Gasteiger partial charge is 0.358 e. The van der Waals surface area contributed by atoms with Gasteiger partial charge in [-0.1, -0.05) is 6.92 Å². The van der Waals surface area contributed by atoms with Gasteiger partial charge in [-0.15, -0.1) is 0 Å². The van der Waals surface area contributed by atoms with Crippen LogP contribution in [0.3, 0.4) is 0 Å². The highest BCUT2D eigenvalue weighted by Gasteiger charge is 2.24. The number of nitrogens with zero attached hydrogens (tertiary/aromatic N) is 3. The van der Waals surface area contributed by atoms with E-state index in [9.17, 15) is 4.79 Å². The van der Waals surface area contributed by atoms with Gasteiger partial charge >= 0.3 is 0 Å². The van der Waals surface area contributed by atoms with E-state index in [0.29, 0.717) is 0 Å². The van der Waals surface area contributed by atoms with E-state index in [2.05, 4.69) is 32.4 Å². The molecule has 21 heavy (non-hydrogen) atoms. The van der Waals surface area contributed by atoms with Gasteiger partial charge in [-0.05, 0) is 32.1 Å². The molecular weight excluding hydrogens is 266 g/mol. The van der Waals surface area contributed by atoms with Gasteiger partial charge in [0.05, 0.1) is 0 Å². The van der Waals surface area contributed by atoms with Crippen LogP contribution in [0.2, 0.25) is 0 Å². The Morgan fingerprint density at radius 2 is 2.14 bits per heavy atom. The molecule has 0 aromatic carbocycles. The normalized spacial score (nSPS) is 22.2. The number of amides is 1. The van der Waals surface area contributed by atoms with Gasteiger partial charge in [0, 0.05) is 31.4 Å². The number of hydrogen-bond acceptors (Lipinski definition) is 5. The fraction of sp³-hybridized carbons (Fsp3) is 0.667. The Hall–Kier alpha value is -1.85. The SMILES string of the molecule is CCc1cc(NC2CCNC2=O)nc(N2CCCCC2)n1. The lowest BCUT2D eigenvalue weighted by molar-refractivity contribution is -0.119. The molecule has 1 aromatic rings. The molecule has 1 amide bonds. The summed E-state index contributed by atoms with van der Waals surface area (Å²) in [6.45, 7) is 4.88. The van der Waals surface area contributed by atoms with Crippen molar-refractivity contribution in [3.05, 3.63) is 11.8 Å². The van der Waals surface area contributed by atoms with Gasteiger partial charge in [0.2, 0.25) is 11.9 Å². The third kappa shape index (κ3) is 3.25. The fourth-order valence-electron chi connectivity index (χ4n) is 2.88. The van der Waals surface area contributed by atoms with Crippen LogP contribution in [0.5, 0.6) is 0 Å². The number of carbonyl (C=O) groups excluding carboxylic acids is 1. The van der Waals surface area contributed by atoms with Gasteiger partial charge < -0.3 is 15.5 Å². The van der Waals surface area contributed by atoms with Crippen molar-refractivity contribution in [3.8, 4) is 0 Å². The standard InChI is InChI=1S/C15H23N5O/c1-2-11-10-13(18-12-6-7-16-14(12)21)19-15(17-11)20-8-4-3-5-9-20/h10,12H,2-9H2,1H3,(H,16,21)(H,17,18,19). The van der Waals surface area contributed by atoms with Crippen molar-refractivity contribution in [2.75, 3.05) is 29.9 Å². The van der Waals surface area contributed by atoms with Crippen LogP contribution in [0.1, 0.15) is 38.3 Å². The second-order valence-corrected chi connectivity index (χ2v) is 5.72. The molecule has 0 radical (unpaired) electrons. The number of carbonyl (C=O) groups is 1. The number of hydrogen-bond donors (Lipinski definition) is 2. The number of anilines is 2. The molecule has 3 heterocycles. The Kier molecular flexibility index (Phi) is 4.22. The average Bonchev–Trinajstić information content (AvgIpc) is 2.93. The van der Waals surface area contributed by atoms with Gasteiger partial charge in [-0.2, -0.15) is 4.98 Å². The van der Waals surface area contributed by atoms with Crippen LogP contribution >= 0.6 is 0 Å². The van der Waals surface area contributed by atoms with Crippen LogP contribution in [0.4, 0.5) is 11.8 Å². The summed E-state index contributed by atoms with van der Waals surface area (Å²) in [4.78, 5) is 23.2. The number of rotatable bonds is 4. The summed E-state index contributed by atoms with van der Waals surface area (Å²) in [5.41, 5.74) is 1.02. The molecule has 6 nitrogen and oxygen atoms in total. The first-order valence-electron chi connectivity index (χ1n) is 7.93. The summed E-state index contributed by atoms with van der Waals surface area (Å²) in [5, 5.41) is 6.10. The topological polar surface area (TPSA) is 70.2 Å². The van der Waals surface area contributed by atoms with Crippen molar-refractivity contribution in [2.24, 2.45) is 0 Å². The molecule has 2 N–H and O–H groups in total.